The molecule has 0 saturated carbocycles. The van der Waals surface area contributed by atoms with Gasteiger partial charge < -0.3 is 24.4 Å². The van der Waals surface area contributed by atoms with Crippen molar-refractivity contribution >= 4 is 39.5 Å². The smallest absolute Gasteiger partial charge is 0.226 e. The minimum atomic E-state index is -0.969. The van der Waals surface area contributed by atoms with Crippen LogP contribution in [-0.2, 0) is 7.05 Å². The minimum absolute atomic E-state index is 0.313. The molecular formula is C27H28FN9O. The van der Waals surface area contributed by atoms with Crippen molar-refractivity contribution in [2.45, 2.75) is 19.1 Å². The van der Waals surface area contributed by atoms with Gasteiger partial charge in [0.15, 0.2) is 5.82 Å². The summed E-state index contributed by atoms with van der Waals surface area (Å²) in [5, 5.41) is 3.35. The van der Waals surface area contributed by atoms with Crippen LogP contribution in [-0.4, -0.2) is 73.8 Å². The van der Waals surface area contributed by atoms with E-state index in [4.69, 9.17) is 9.72 Å². The molecule has 0 radical (unpaired) electrons. The van der Waals surface area contributed by atoms with Crippen molar-refractivity contribution in [2.24, 2.45) is 7.05 Å². The lowest BCUT2D eigenvalue weighted by Gasteiger charge is -2.25. The Labute approximate surface area is 219 Å². The number of likely N-dealkylation sites (N-methyl/N-ethyl adjacent to an activating group) is 2. The molecule has 2 aromatic carbocycles. The van der Waals surface area contributed by atoms with Gasteiger partial charge >= 0.3 is 0 Å². The molecule has 1 aliphatic heterocycles. The number of nitrogens with one attached hydrogen (secondary N) is 1. The van der Waals surface area contributed by atoms with Gasteiger partial charge in [0.2, 0.25) is 5.95 Å². The Balaban J connectivity index is 1.24. The maximum Gasteiger partial charge on any atom is 0.226 e. The summed E-state index contributed by atoms with van der Waals surface area (Å²) < 4.78 is 22.7. The van der Waals surface area contributed by atoms with Crippen LogP contribution in [0.3, 0.4) is 0 Å². The summed E-state index contributed by atoms with van der Waals surface area (Å²) in [6.45, 7) is 2.99. The molecule has 1 aliphatic rings. The molecule has 0 spiro atoms. The average molecular weight is 514 g/mol. The van der Waals surface area contributed by atoms with Gasteiger partial charge in [0.25, 0.3) is 0 Å². The number of fused-ring (bicyclic) bond motifs is 2. The Hall–Kier alpha value is -4.38. The Morgan fingerprint density at radius 3 is 2.68 bits per heavy atom. The topological polar surface area (TPSA) is 97.1 Å². The van der Waals surface area contributed by atoms with Gasteiger partial charge in [-0.05, 0) is 49.9 Å². The fraction of sp³-hybridized carbons (Fsp3) is 0.296. The number of hydrogen-bond donors (Lipinski definition) is 1. The molecule has 5 aromatic rings. The van der Waals surface area contributed by atoms with Crippen molar-refractivity contribution in [1.29, 1.82) is 0 Å². The first-order valence-corrected chi connectivity index (χ1v) is 12.4. The van der Waals surface area contributed by atoms with Crippen molar-refractivity contribution in [3.63, 3.8) is 0 Å². The summed E-state index contributed by atoms with van der Waals surface area (Å²) in [4.78, 5) is 26.0. The Bertz CT molecular complexity index is 1640. The lowest BCUT2D eigenvalue weighted by molar-refractivity contribution is 0.306. The molecular weight excluding hydrogens is 485 g/mol. The van der Waals surface area contributed by atoms with Crippen LogP contribution in [0.2, 0.25) is 0 Å². The third kappa shape index (κ3) is 4.45. The third-order valence-corrected chi connectivity index (χ3v) is 6.94. The number of ether oxygens (including phenoxy) is 1. The Morgan fingerprint density at radius 1 is 1.03 bits per heavy atom. The molecule has 0 amide bonds. The lowest BCUT2D eigenvalue weighted by Crippen LogP contribution is -2.40. The number of likely N-dealkylation sites (tertiary alicyclic amines) is 1. The highest BCUT2D eigenvalue weighted by Gasteiger charge is 2.35. The van der Waals surface area contributed by atoms with E-state index in [-0.39, 0.29) is 6.04 Å². The fourth-order valence-electron chi connectivity index (χ4n) is 4.83. The maximum atomic E-state index is 14.5. The molecule has 10 nitrogen and oxygen atoms in total. The van der Waals surface area contributed by atoms with Crippen LogP contribution in [0, 0.1) is 6.92 Å². The van der Waals surface area contributed by atoms with E-state index in [0.29, 0.717) is 35.9 Å². The standard InChI is InChI=1S/C27H28FN9O/c1-16-9-17(5-8-24(16)38-18-6-7-22-20(10-18)32-15-36(22)3)33-26-25-21(30-14-31-26)11-29-27(34-25)37(4)23-13-35(2)12-19(23)28/h5-11,14-15,19,23H,12-13H2,1-4H3,(H,30,31,33)/t19-,23+/m0/s1. The molecule has 0 unspecified atom stereocenters. The summed E-state index contributed by atoms with van der Waals surface area (Å²) in [6.07, 6.45) is 3.93. The molecule has 3 aromatic heterocycles. The summed E-state index contributed by atoms with van der Waals surface area (Å²) in [5.74, 6) is 2.44. The van der Waals surface area contributed by atoms with Crippen molar-refractivity contribution in [2.75, 3.05) is 37.4 Å². The molecule has 0 aliphatic carbocycles. The van der Waals surface area contributed by atoms with Gasteiger partial charge in [0, 0.05) is 38.9 Å². The zero-order valence-corrected chi connectivity index (χ0v) is 21.6. The highest BCUT2D eigenvalue weighted by Crippen LogP contribution is 2.31. The van der Waals surface area contributed by atoms with Gasteiger partial charge in [-0.3, -0.25) is 0 Å². The molecule has 1 saturated heterocycles. The van der Waals surface area contributed by atoms with Gasteiger partial charge in [-0.2, -0.15) is 0 Å². The normalized spacial score (nSPS) is 17.8. The molecule has 6 rings (SSSR count). The molecule has 38 heavy (non-hydrogen) atoms. The van der Waals surface area contributed by atoms with Crippen LogP contribution >= 0.6 is 0 Å². The first kappa shape index (κ1) is 24.0. The van der Waals surface area contributed by atoms with Crippen molar-refractivity contribution in [3.05, 3.63) is 60.8 Å². The first-order valence-electron chi connectivity index (χ1n) is 12.4. The lowest BCUT2D eigenvalue weighted by atomic mass is 10.2. The van der Waals surface area contributed by atoms with Gasteiger partial charge in [-0.1, -0.05) is 0 Å². The molecule has 2 atom stereocenters. The second-order valence-electron chi connectivity index (χ2n) is 9.75. The van der Waals surface area contributed by atoms with Crippen molar-refractivity contribution < 1.29 is 9.13 Å². The van der Waals surface area contributed by atoms with E-state index in [1.165, 1.54) is 6.33 Å². The van der Waals surface area contributed by atoms with Crippen LogP contribution in [0.25, 0.3) is 22.1 Å². The Morgan fingerprint density at radius 2 is 1.89 bits per heavy atom. The molecule has 0 bridgehead atoms. The molecule has 1 N–H and O–H groups in total. The summed E-state index contributed by atoms with van der Waals surface area (Å²) >= 11 is 0. The van der Waals surface area contributed by atoms with Gasteiger partial charge in [0.1, 0.15) is 35.0 Å². The first-order chi connectivity index (χ1) is 18.4. The quantitative estimate of drug-likeness (QED) is 0.358. The number of hydrogen-bond acceptors (Lipinski definition) is 9. The number of benzene rings is 2. The van der Waals surface area contributed by atoms with Crippen LogP contribution in [0.15, 0.2) is 55.2 Å². The Kier molecular flexibility index (Phi) is 5.99. The SMILES string of the molecule is Cc1cc(Nc2ncnc3cnc(N(C)[C@@H]4CN(C)C[C@@H]4F)nc23)ccc1Oc1ccc2c(c1)ncn2C. The molecule has 1 fully saturated rings. The maximum absolute atomic E-state index is 14.5. The largest absolute Gasteiger partial charge is 0.457 e. The van der Waals surface area contributed by atoms with Crippen molar-refractivity contribution in [1.82, 2.24) is 34.4 Å². The van der Waals surface area contributed by atoms with Gasteiger partial charge in [0.05, 0.1) is 29.6 Å². The van der Waals surface area contributed by atoms with E-state index >= 15 is 0 Å². The second-order valence-corrected chi connectivity index (χ2v) is 9.75. The highest BCUT2D eigenvalue weighted by atomic mass is 19.1. The highest BCUT2D eigenvalue weighted by molar-refractivity contribution is 5.87. The molecule has 11 heteroatoms. The van der Waals surface area contributed by atoms with Crippen LogP contribution < -0.4 is 15.0 Å². The zero-order valence-electron chi connectivity index (χ0n) is 21.6. The molecule has 4 heterocycles. The number of halogens is 1. The number of imidazole rings is 1. The summed E-state index contributed by atoms with van der Waals surface area (Å²) in [6, 6.07) is 11.4. The summed E-state index contributed by atoms with van der Waals surface area (Å²) in [7, 11) is 5.70. The fourth-order valence-corrected chi connectivity index (χ4v) is 4.83. The monoisotopic (exact) mass is 513 g/mol. The van der Waals surface area contributed by atoms with E-state index in [2.05, 4.69) is 25.3 Å². The van der Waals surface area contributed by atoms with Crippen LogP contribution in [0.1, 0.15) is 5.56 Å². The average Bonchev–Trinajstić information content (AvgIpc) is 3.45. The van der Waals surface area contributed by atoms with Crippen LogP contribution in [0.5, 0.6) is 11.5 Å². The predicted octanol–water partition coefficient (Wildman–Crippen LogP) is 4.24. The number of aromatic nitrogens is 6. The van der Waals surface area contributed by atoms with Gasteiger partial charge in [-0.15, -0.1) is 0 Å². The van der Waals surface area contributed by atoms with E-state index in [0.717, 1.165) is 33.8 Å². The number of alkyl halides is 1. The summed E-state index contributed by atoms with van der Waals surface area (Å²) in [5.41, 5.74) is 4.86. The van der Waals surface area contributed by atoms with Gasteiger partial charge in [-0.25, -0.2) is 29.3 Å². The number of anilines is 3. The van der Waals surface area contributed by atoms with E-state index in [1.807, 2.05) is 73.9 Å². The second kappa shape index (κ2) is 9.49. The molecule has 194 valence electrons. The minimum Gasteiger partial charge on any atom is -0.457 e. The third-order valence-electron chi connectivity index (χ3n) is 6.94. The number of aryl methyl sites for hydroxylation is 2. The van der Waals surface area contributed by atoms with E-state index in [1.54, 1.807) is 17.4 Å². The van der Waals surface area contributed by atoms with Crippen molar-refractivity contribution in [3.8, 4) is 11.5 Å². The number of rotatable bonds is 6. The van der Waals surface area contributed by atoms with E-state index in [9.17, 15) is 4.39 Å². The zero-order chi connectivity index (χ0) is 26.4. The predicted molar refractivity (Wildman–Crippen MR) is 145 cm³/mol. The number of nitrogens with zero attached hydrogens (tertiary/aromatic N) is 8. The van der Waals surface area contributed by atoms with Crippen LogP contribution in [0.4, 0.5) is 21.8 Å². The van der Waals surface area contributed by atoms with E-state index < -0.39 is 6.17 Å².